The van der Waals surface area contributed by atoms with Gasteiger partial charge in [0, 0.05) is 44.9 Å². The number of hydrogen-bond acceptors (Lipinski definition) is 8. The predicted molar refractivity (Wildman–Crippen MR) is 175 cm³/mol. The molecule has 0 amide bonds. The Hall–Kier alpha value is -1.60. The molecule has 8 nitrogen and oxygen atoms in total. The van der Waals surface area contributed by atoms with Crippen molar-refractivity contribution in [2.45, 2.75) is 39.3 Å². The molecule has 3 aromatic heterocycles. The molecule has 1 atom stereocenters. The van der Waals surface area contributed by atoms with Crippen LogP contribution in [0.2, 0.25) is 25.5 Å². The molecule has 16 heteroatoms. The van der Waals surface area contributed by atoms with Crippen LogP contribution in [-0.4, -0.2) is 38.9 Å². The number of hydrogen-bond donors (Lipinski definition) is 2. The van der Waals surface area contributed by atoms with Gasteiger partial charge in [0.05, 0.1) is 16.7 Å². The topological polar surface area (TPSA) is 120 Å². The average Bonchev–Trinajstić information content (AvgIpc) is 2.98. The summed E-state index contributed by atoms with van der Waals surface area (Å²) in [5, 5.41) is 22.7. The first-order valence-corrected chi connectivity index (χ1v) is 13.8. The zero-order chi connectivity index (χ0) is 39.4. The first-order chi connectivity index (χ1) is 23.2. The van der Waals surface area contributed by atoms with Gasteiger partial charge in [0.25, 0.3) is 0 Å². The number of nitrogen functional groups attached to an aromatic ring is 1. The van der Waals surface area contributed by atoms with Crippen LogP contribution in [-0.2, 0) is 0 Å². The molecule has 1 aromatic carbocycles. The summed E-state index contributed by atoms with van der Waals surface area (Å²) < 4.78 is 89.0. The van der Waals surface area contributed by atoms with Crippen LogP contribution in [0.4, 0.5) is 5.69 Å². The number of benzene rings is 1. The molecule has 1 unspecified atom stereocenters. The molecular formula is C25H23BBr2Cl5N6O2. The molecule has 0 aliphatic heterocycles. The van der Waals surface area contributed by atoms with Gasteiger partial charge in [-0.3, -0.25) is 4.98 Å². The molecule has 3 N–H and O–H groups in total. The number of nitrogens with two attached hydrogens (primary N) is 1. The summed E-state index contributed by atoms with van der Waals surface area (Å²) in [6, 6.07) is 2.28. The van der Waals surface area contributed by atoms with E-state index in [0.717, 1.165) is 0 Å². The lowest BCUT2D eigenvalue weighted by Crippen LogP contribution is -1.98. The number of pyridine rings is 1. The highest BCUT2D eigenvalue weighted by Gasteiger charge is 2.13. The molecule has 3 radical (unpaired) electrons. The highest BCUT2D eigenvalue weighted by molar-refractivity contribution is 9.11. The van der Waals surface area contributed by atoms with E-state index in [1.54, 1.807) is 6.07 Å². The molecule has 217 valence electrons. The van der Waals surface area contributed by atoms with Crippen LogP contribution in [0.5, 0.6) is 17.4 Å². The molecule has 41 heavy (non-hydrogen) atoms. The maximum atomic E-state index is 9.10. The SMILES string of the molecule is Nc1cc(Cl)c(O)c(Br)c1.[2H]c1c(Cl)nnc(Cl)c1C(C)C([2H])([2H])[2H].[2H]c1c(Oc2c(Cl)cncc2Br)nnc(Cl)c1C(C([2H])([2H])[2H])C([2H])([2H])[2H].[B]. The molecule has 0 bridgehead atoms. The normalized spacial score (nSPS) is 15.8. The third-order valence-corrected chi connectivity index (χ3v) is 6.60. The first kappa shape index (κ1) is 22.9. The van der Waals surface area contributed by atoms with Crippen molar-refractivity contribution in [2.75, 3.05) is 5.73 Å². The molecule has 0 aliphatic carbocycles. The largest absolute Gasteiger partial charge is 0.505 e. The lowest BCUT2D eigenvalue weighted by molar-refractivity contribution is 0.450. The monoisotopic (exact) mass is 794 g/mol. The maximum absolute atomic E-state index is 9.10. The number of nitrogens with zero attached hydrogens (tertiary/aromatic N) is 5. The van der Waals surface area contributed by atoms with Crippen LogP contribution >= 0.6 is 89.9 Å². The summed E-state index contributed by atoms with van der Waals surface area (Å²) in [5.41, 5.74) is 5.53. The van der Waals surface area contributed by atoms with E-state index in [1.807, 2.05) is 0 Å². The van der Waals surface area contributed by atoms with Crippen LogP contribution in [0.1, 0.15) is 65.5 Å². The Labute approximate surface area is 297 Å². The smallest absolute Gasteiger partial charge is 0.239 e. The maximum Gasteiger partial charge on any atom is 0.239 e. The number of aromatic hydroxyl groups is 1. The summed E-state index contributed by atoms with van der Waals surface area (Å²) in [5.74, 6) is -3.31. The third kappa shape index (κ3) is 11.5. The average molecular weight is 798 g/mol. The molecule has 0 aliphatic rings. The summed E-state index contributed by atoms with van der Waals surface area (Å²) in [7, 11) is 0. The second kappa shape index (κ2) is 17.5. The number of halogens is 7. The van der Waals surface area contributed by atoms with Gasteiger partial charge in [-0.15, -0.1) is 20.4 Å². The van der Waals surface area contributed by atoms with Gasteiger partial charge in [0.15, 0.2) is 21.2 Å². The number of rotatable bonds is 4. The Balaban J connectivity index is 0.000000437. The van der Waals surface area contributed by atoms with Crippen LogP contribution in [0.3, 0.4) is 0 Å². The fourth-order valence-corrected chi connectivity index (χ4v) is 4.49. The molecule has 4 aromatic rings. The summed E-state index contributed by atoms with van der Waals surface area (Å²) in [6.45, 7) is -6.71. The summed E-state index contributed by atoms with van der Waals surface area (Å²) in [6.07, 6.45) is 2.66. The Morgan fingerprint density at radius 3 is 2.07 bits per heavy atom. The van der Waals surface area contributed by atoms with Gasteiger partial charge in [-0.2, -0.15) is 0 Å². The van der Waals surface area contributed by atoms with Crippen molar-refractivity contribution in [1.29, 1.82) is 0 Å². The Morgan fingerprint density at radius 2 is 1.49 bits per heavy atom. The lowest BCUT2D eigenvalue weighted by Gasteiger charge is -2.11. The molecule has 4 rings (SSSR count). The predicted octanol–water partition coefficient (Wildman–Crippen LogP) is 9.77. The van der Waals surface area contributed by atoms with E-state index in [1.165, 1.54) is 25.4 Å². The van der Waals surface area contributed by atoms with E-state index in [0.29, 0.717) is 14.6 Å². The number of phenols is 1. The van der Waals surface area contributed by atoms with E-state index in [2.05, 4.69) is 57.2 Å². The Kier molecular flexibility index (Phi) is 9.77. The van der Waals surface area contributed by atoms with Crippen molar-refractivity contribution in [3.05, 3.63) is 82.2 Å². The van der Waals surface area contributed by atoms with Crippen molar-refractivity contribution in [3.8, 4) is 17.4 Å². The summed E-state index contributed by atoms with van der Waals surface area (Å²) in [4.78, 5) is 3.82. The minimum atomic E-state index is -2.96. The Bertz CT molecular complexity index is 1830. The molecule has 0 spiro atoms. The minimum absolute atomic E-state index is 0. The van der Waals surface area contributed by atoms with Crippen LogP contribution in [0.15, 0.2) is 45.6 Å². The van der Waals surface area contributed by atoms with E-state index in [9.17, 15) is 0 Å². The standard InChI is InChI=1S/C12H10BrCl2N3O.C7H8Cl2N2.C6H5BrClNO.B/c1-6(2)7-3-10(17-18-12(7)15)19-11-8(13)4-16-5-9(11)14;1-4(2)5-3-6(8)10-11-7(5)9;7-4-1-3(9)2-5(8)6(4)10;/h3-6H,1-2H3;3-4H,1-2H3;1-2,10H,9H2;/i1D3,2D3,3D;1D3,3D;;. The van der Waals surface area contributed by atoms with E-state index >= 15 is 0 Å². The number of aromatic nitrogens is 5. The van der Waals surface area contributed by atoms with E-state index in [-0.39, 0.29) is 51.9 Å². The fraction of sp³-hybridized carbons (Fsp3) is 0.240. The van der Waals surface area contributed by atoms with Gasteiger partial charge in [-0.1, -0.05) is 85.5 Å². The summed E-state index contributed by atoms with van der Waals surface area (Å²) >= 11 is 34.9. The van der Waals surface area contributed by atoms with Crippen molar-refractivity contribution in [1.82, 2.24) is 25.4 Å². The fourth-order valence-electron chi connectivity index (χ4n) is 2.37. The number of phenolic OH excluding ortho intramolecular Hbond substituents is 1. The lowest BCUT2D eigenvalue weighted by atomic mass is 10.1. The van der Waals surface area contributed by atoms with Gasteiger partial charge >= 0.3 is 0 Å². The van der Waals surface area contributed by atoms with Gasteiger partial charge < -0.3 is 15.6 Å². The van der Waals surface area contributed by atoms with Crippen molar-refractivity contribution in [2.24, 2.45) is 0 Å². The van der Waals surface area contributed by atoms with Gasteiger partial charge in [0.2, 0.25) is 5.88 Å². The van der Waals surface area contributed by atoms with E-state index in [4.69, 9.17) is 88.7 Å². The highest BCUT2D eigenvalue weighted by Crippen LogP contribution is 2.36. The number of anilines is 1. The van der Waals surface area contributed by atoms with Crippen LogP contribution in [0.25, 0.3) is 0 Å². The number of ether oxygens (including phenoxy) is 1. The molecule has 0 saturated heterocycles. The zero-order valence-electron chi connectivity index (χ0n) is 31.4. The minimum Gasteiger partial charge on any atom is -0.505 e. The zero-order valence-corrected chi connectivity index (χ0v) is 27.3. The molecule has 0 fully saturated rings. The van der Waals surface area contributed by atoms with Crippen molar-refractivity contribution in [3.63, 3.8) is 0 Å². The quantitative estimate of drug-likeness (QED) is 0.119. The van der Waals surface area contributed by atoms with Crippen LogP contribution in [0, 0.1) is 0 Å². The first-order valence-electron chi connectivity index (χ1n) is 15.8. The van der Waals surface area contributed by atoms with E-state index < -0.39 is 55.0 Å². The van der Waals surface area contributed by atoms with Gasteiger partial charge in [-0.25, -0.2) is 0 Å². The third-order valence-electron chi connectivity index (χ3n) is 4.15. The van der Waals surface area contributed by atoms with Crippen LogP contribution < -0.4 is 10.5 Å². The van der Waals surface area contributed by atoms with Gasteiger partial charge in [-0.05, 0) is 73.0 Å². The van der Waals surface area contributed by atoms with Gasteiger partial charge in [0.1, 0.15) is 10.8 Å². The second-order valence-corrected chi connectivity index (χ2v) is 10.8. The van der Waals surface area contributed by atoms with Crippen molar-refractivity contribution < 1.29 is 24.9 Å². The Morgan fingerprint density at radius 1 is 0.878 bits per heavy atom. The molecule has 3 heterocycles. The highest BCUT2D eigenvalue weighted by atomic mass is 79.9. The molecule has 0 saturated carbocycles. The second-order valence-electron chi connectivity index (χ2n) is 7.18. The molecular weight excluding hydrogens is 764 g/mol. The van der Waals surface area contributed by atoms with Crippen molar-refractivity contribution >= 4 is 104 Å².